The minimum atomic E-state index is -0.328. The van der Waals surface area contributed by atoms with Gasteiger partial charge in [0, 0.05) is 31.3 Å². The van der Waals surface area contributed by atoms with Crippen LogP contribution in [0.25, 0.3) is 0 Å². The van der Waals surface area contributed by atoms with Crippen LogP contribution in [0.1, 0.15) is 19.4 Å². The summed E-state index contributed by atoms with van der Waals surface area (Å²) in [5, 5.41) is 3.60. The van der Waals surface area contributed by atoms with Gasteiger partial charge < -0.3 is 14.8 Å². The first kappa shape index (κ1) is 15.4. The van der Waals surface area contributed by atoms with Gasteiger partial charge in [-0.3, -0.25) is 0 Å². The van der Waals surface area contributed by atoms with Gasteiger partial charge in [0.2, 0.25) is 0 Å². The Morgan fingerprint density at radius 2 is 1.94 bits per heavy atom. The highest BCUT2D eigenvalue weighted by Gasteiger charge is 2.08. The van der Waals surface area contributed by atoms with Crippen molar-refractivity contribution in [2.24, 2.45) is 0 Å². The Labute approximate surface area is 112 Å². The summed E-state index contributed by atoms with van der Waals surface area (Å²) in [5.74, 6) is -0.328. The molecule has 0 unspecified atom stereocenters. The zero-order valence-electron chi connectivity index (χ0n) is 10.7. The lowest BCUT2D eigenvalue weighted by Crippen LogP contribution is -2.31. The van der Waals surface area contributed by atoms with Crippen LogP contribution in [-0.4, -0.2) is 26.0 Å². The van der Waals surface area contributed by atoms with Crippen molar-refractivity contribution in [2.75, 3.05) is 19.8 Å². The average Bonchev–Trinajstić information content (AvgIpc) is 2.32. The molecule has 0 aliphatic carbocycles. The molecular weight excluding hydrogens is 257 g/mol. The topological polar surface area (TPSA) is 30.5 Å². The fourth-order valence-corrected chi connectivity index (χ4v) is 1.76. The van der Waals surface area contributed by atoms with E-state index in [1.54, 1.807) is 6.07 Å². The molecule has 0 aromatic heterocycles. The summed E-state index contributed by atoms with van der Waals surface area (Å²) in [6.45, 7) is 6.16. The van der Waals surface area contributed by atoms with Crippen LogP contribution >= 0.6 is 11.6 Å². The molecule has 1 N–H and O–H groups in total. The Morgan fingerprint density at radius 1 is 1.28 bits per heavy atom. The molecule has 0 amide bonds. The first-order valence-electron chi connectivity index (χ1n) is 6.05. The first-order valence-corrected chi connectivity index (χ1v) is 6.43. The molecule has 102 valence electrons. The van der Waals surface area contributed by atoms with E-state index in [1.807, 2.05) is 13.8 Å². The minimum absolute atomic E-state index is 0.265. The summed E-state index contributed by atoms with van der Waals surface area (Å²) in [4.78, 5) is 0. The molecule has 0 fully saturated rings. The second kappa shape index (κ2) is 8.43. The van der Waals surface area contributed by atoms with Crippen molar-refractivity contribution < 1.29 is 13.9 Å². The van der Waals surface area contributed by atoms with Crippen LogP contribution in [0.2, 0.25) is 5.02 Å². The van der Waals surface area contributed by atoms with Crippen molar-refractivity contribution in [3.05, 3.63) is 34.6 Å². The third kappa shape index (κ3) is 5.31. The van der Waals surface area contributed by atoms with Crippen LogP contribution in [0, 0.1) is 5.82 Å². The smallest absolute Gasteiger partial charge is 0.169 e. The van der Waals surface area contributed by atoms with E-state index in [0.717, 1.165) is 5.56 Å². The Balaban J connectivity index is 2.39. The van der Waals surface area contributed by atoms with Crippen molar-refractivity contribution in [3.8, 4) is 0 Å². The summed E-state index contributed by atoms with van der Waals surface area (Å²) in [7, 11) is 0. The fraction of sp³-hybridized carbons (Fsp3) is 0.538. The Kier molecular flexibility index (Phi) is 7.20. The minimum Gasteiger partial charge on any atom is -0.352 e. The van der Waals surface area contributed by atoms with E-state index >= 15 is 0 Å². The first-order chi connectivity index (χ1) is 8.67. The molecule has 0 saturated carbocycles. The number of hydrogen-bond acceptors (Lipinski definition) is 3. The predicted molar refractivity (Wildman–Crippen MR) is 70.2 cm³/mol. The second-order valence-electron chi connectivity index (χ2n) is 3.71. The van der Waals surface area contributed by atoms with Crippen LogP contribution in [0.3, 0.4) is 0 Å². The molecule has 0 spiro atoms. The highest BCUT2D eigenvalue weighted by Crippen LogP contribution is 2.16. The van der Waals surface area contributed by atoms with Gasteiger partial charge in [-0.05, 0) is 31.5 Å². The van der Waals surface area contributed by atoms with Crippen molar-refractivity contribution in [1.29, 1.82) is 0 Å². The summed E-state index contributed by atoms with van der Waals surface area (Å²) in [6.07, 6.45) is -0.265. The third-order valence-electron chi connectivity index (χ3n) is 2.35. The van der Waals surface area contributed by atoms with Crippen LogP contribution in [-0.2, 0) is 16.0 Å². The molecule has 0 aliphatic heterocycles. The summed E-state index contributed by atoms with van der Waals surface area (Å²) < 4.78 is 23.6. The highest BCUT2D eigenvalue weighted by atomic mass is 35.5. The standard InChI is InChI=1S/C13H19ClFNO2/c1-3-17-13(18-4-2)9-16-8-10-5-6-11(15)7-12(10)14/h5-7,13,16H,3-4,8-9H2,1-2H3. The molecule has 1 rings (SSSR count). The van der Waals surface area contributed by atoms with Gasteiger partial charge in [0.25, 0.3) is 0 Å². The van der Waals surface area contributed by atoms with Gasteiger partial charge in [0.15, 0.2) is 6.29 Å². The van der Waals surface area contributed by atoms with E-state index in [9.17, 15) is 4.39 Å². The molecule has 18 heavy (non-hydrogen) atoms. The van der Waals surface area contributed by atoms with Gasteiger partial charge in [0.05, 0.1) is 0 Å². The maximum atomic E-state index is 12.9. The third-order valence-corrected chi connectivity index (χ3v) is 2.70. The lowest BCUT2D eigenvalue weighted by molar-refractivity contribution is -0.133. The van der Waals surface area contributed by atoms with E-state index < -0.39 is 0 Å². The number of nitrogens with one attached hydrogen (secondary N) is 1. The number of halogens is 2. The summed E-state index contributed by atoms with van der Waals surface area (Å²) in [5.41, 5.74) is 0.852. The van der Waals surface area contributed by atoms with Crippen molar-refractivity contribution >= 4 is 11.6 Å². The van der Waals surface area contributed by atoms with E-state index in [0.29, 0.717) is 31.3 Å². The normalized spacial score (nSPS) is 11.2. The van der Waals surface area contributed by atoms with Gasteiger partial charge in [0.1, 0.15) is 5.82 Å². The molecule has 0 aliphatic rings. The quantitative estimate of drug-likeness (QED) is 0.740. The van der Waals surface area contributed by atoms with E-state index in [-0.39, 0.29) is 12.1 Å². The van der Waals surface area contributed by atoms with Gasteiger partial charge >= 0.3 is 0 Å². The summed E-state index contributed by atoms with van der Waals surface area (Å²) >= 11 is 5.92. The van der Waals surface area contributed by atoms with Gasteiger partial charge in [-0.25, -0.2) is 4.39 Å². The predicted octanol–water partition coefficient (Wildman–Crippen LogP) is 2.97. The molecule has 0 bridgehead atoms. The maximum absolute atomic E-state index is 12.9. The van der Waals surface area contributed by atoms with Crippen LogP contribution in [0.15, 0.2) is 18.2 Å². The summed E-state index contributed by atoms with van der Waals surface area (Å²) in [6, 6.07) is 4.37. The Morgan fingerprint density at radius 3 is 2.50 bits per heavy atom. The molecule has 1 aromatic carbocycles. The van der Waals surface area contributed by atoms with Crippen molar-refractivity contribution in [2.45, 2.75) is 26.7 Å². The van der Waals surface area contributed by atoms with Gasteiger partial charge in [-0.1, -0.05) is 17.7 Å². The zero-order chi connectivity index (χ0) is 13.4. The maximum Gasteiger partial charge on any atom is 0.169 e. The molecule has 0 atom stereocenters. The van der Waals surface area contributed by atoms with Crippen LogP contribution in [0.5, 0.6) is 0 Å². The zero-order valence-corrected chi connectivity index (χ0v) is 11.5. The number of rotatable bonds is 8. The number of hydrogen-bond donors (Lipinski definition) is 1. The highest BCUT2D eigenvalue weighted by molar-refractivity contribution is 6.31. The van der Waals surface area contributed by atoms with E-state index in [4.69, 9.17) is 21.1 Å². The lowest BCUT2D eigenvalue weighted by Gasteiger charge is -2.17. The molecule has 0 radical (unpaired) electrons. The number of benzene rings is 1. The average molecular weight is 276 g/mol. The fourth-order valence-electron chi connectivity index (χ4n) is 1.53. The van der Waals surface area contributed by atoms with Crippen LogP contribution in [0.4, 0.5) is 4.39 Å². The monoisotopic (exact) mass is 275 g/mol. The van der Waals surface area contributed by atoms with Gasteiger partial charge in [-0.15, -0.1) is 0 Å². The SMILES string of the molecule is CCOC(CNCc1ccc(F)cc1Cl)OCC. The largest absolute Gasteiger partial charge is 0.352 e. The lowest BCUT2D eigenvalue weighted by atomic mass is 10.2. The molecule has 0 heterocycles. The Bertz CT molecular complexity index is 357. The molecule has 0 saturated heterocycles. The van der Waals surface area contributed by atoms with Crippen molar-refractivity contribution in [3.63, 3.8) is 0 Å². The molecule has 3 nitrogen and oxygen atoms in total. The molecule has 1 aromatic rings. The second-order valence-corrected chi connectivity index (χ2v) is 4.11. The molecule has 5 heteroatoms. The van der Waals surface area contributed by atoms with E-state index in [1.165, 1.54) is 12.1 Å². The molecular formula is C13H19ClFNO2. The number of ether oxygens (including phenoxy) is 2. The van der Waals surface area contributed by atoms with E-state index in [2.05, 4.69) is 5.32 Å². The van der Waals surface area contributed by atoms with Crippen molar-refractivity contribution in [1.82, 2.24) is 5.32 Å². The van der Waals surface area contributed by atoms with Crippen LogP contribution < -0.4 is 5.32 Å². The Hall–Kier alpha value is -0.680. The van der Waals surface area contributed by atoms with Gasteiger partial charge in [-0.2, -0.15) is 0 Å².